The Labute approximate surface area is 201 Å². The fraction of sp³-hybridized carbons (Fsp3) is 0.840. The molecule has 1 aliphatic rings. The van der Waals surface area contributed by atoms with Crippen molar-refractivity contribution in [2.24, 2.45) is 5.92 Å². The molecule has 0 saturated carbocycles. The second-order valence-corrected chi connectivity index (χ2v) is 15.3. The molecule has 0 aromatic carbocycles. The van der Waals surface area contributed by atoms with Gasteiger partial charge in [0.2, 0.25) is 0 Å². The van der Waals surface area contributed by atoms with Gasteiger partial charge in [0.15, 0.2) is 14.1 Å². The molecular formula is C25H46O5SSi. The minimum Gasteiger partial charge on any atom is -0.469 e. The van der Waals surface area contributed by atoms with E-state index < -0.39 is 25.9 Å². The summed E-state index contributed by atoms with van der Waals surface area (Å²) in [5.41, 5.74) is -0.698. The van der Waals surface area contributed by atoms with Crippen molar-refractivity contribution in [3.8, 4) is 0 Å². The average Bonchev–Trinajstić information content (AvgIpc) is 2.99. The van der Waals surface area contributed by atoms with Crippen molar-refractivity contribution >= 4 is 31.8 Å². The zero-order valence-corrected chi connectivity index (χ0v) is 23.0. The molecule has 0 bridgehead atoms. The molecule has 0 spiro atoms. The summed E-state index contributed by atoms with van der Waals surface area (Å²) >= 11 is 1.46. The van der Waals surface area contributed by atoms with Crippen LogP contribution in [0.2, 0.25) is 19.6 Å². The van der Waals surface area contributed by atoms with Crippen LogP contribution in [0.1, 0.15) is 84.0 Å². The zero-order chi connectivity index (χ0) is 24.2. The molecule has 0 heterocycles. The highest BCUT2D eigenvalue weighted by Gasteiger charge is 2.52. The highest BCUT2D eigenvalue weighted by atomic mass is 32.2. The third-order valence-electron chi connectivity index (χ3n) is 6.06. The van der Waals surface area contributed by atoms with E-state index in [4.69, 9.17) is 4.43 Å². The standard InChI is InChI=1S/C25H46O5SSi/c1-7-8-9-10-11-15-18-25(30-32(4,5)6)19-21(31-3)24(28)23(25)20(26)16-13-12-14-17-22(27)29-2/h19-20,23,26H,7-18H2,1-6H3. The van der Waals surface area contributed by atoms with Crippen LogP contribution in [0, 0.1) is 5.92 Å². The molecule has 0 fully saturated rings. The fourth-order valence-corrected chi connectivity index (χ4v) is 6.68. The molecular weight excluding hydrogens is 440 g/mol. The Hall–Kier alpha value is -0.633. The number of ether oxygens (including phenoxy) is 1. The van der Waals surface area contributed by atoms with Gasteiger partial charge in [0.1, 0.15) is 0 Å². The molecule has 0 saturated heterocycles. The van der Waals surface area contributed by atoms with Gasteiger partial charge in [0.05, 0.1) is 24.7 Å². The second-order valence-electron chi connectivity index (χ2n) is 9.98. The number of thioether (sulfide) groups is 1. The highest BCUT2D eigenvalue weighted by Crippen LogP contribution is 2.45. The lowest BCUT2D eigenvalue weighted by molar-refractivity contribution is -0.140. The number of hydrogen-bond acceptors (Lipinski definition) is 6. The summed E-state index contributed by atoms with van der Waals surface area (Å²) in [6, 6.07) is 0. The smallest absolute Gasteiger partial charge is 0.305 e. The minimum absolute atomic E-state index is 0.0313. The lowest BCUT2D eigenvalue weighted by Crippen LogP contribution is -2.50. The number of hydrogen-bond donors (Lipinski definition) is 1. The summed E-state index contributed by atoms with van der Waals surface area (Å²) in [5, 5.41) is 11.2. The molecule has 5 nitrogen and oxygen atoms in total. The van der Waals surface area contributed by atoms with Crippen LogP contribution in [0.3, 0.4) is 0 Å². The van der Waals surface area contributed by atoms with Gasteiger partial charge in [-0.05, 0) is 51.2 Å². The number of allylic oxidation sites excluding steroid dienone is 1. The van der Waals surface area contributed by atoms with Crippen LogP contribution in [0.25, 0.3) is 0 Å². The number of aliphatic hydroxyl groups excluding tert-OH is 1. The third kappa shape index (κ3) is 9.70. The van der Waals surface area contributed by atoms with Gasteiger partial charge in [-0.3, -0.25) is 9.59 Å². The van der Waals surface area contributed by atoms with Gasteiger partial charge in [0, 0.05) is 11.3 Å². The van der Waals surface area contributed by atoms with E-state index in [9.17, 15) is 14.7 Å². The third-order valence-corrected chi connectivity index (χ3v) is 7.81. The van der Waals surface area contributed by atoms with E-state index in [1.54, 1.807) is 0 Å². The predicted octanol–water partition coefficient (Wildman–Crippen LogP) is 6.26. The van der Waals surface area contributed by atoms with Crippen LogP contribution in [-0.4, -0.2) is 50.2 Å². The summed E-state index contributed by atoms with van der Waals surface area (Å²) in [4.78, 5) is 25.3. The van der Waals surface area contributed by atoms with Crippen molar-refractivity contribution < 1.29 is 23.9 Å². The van der Waals surface area contributed by atoms with E-state index in [1.165, 1.54) is 44.6 Å². The lowest BCUT2D eigenvalue weighted by atomic mass is 9.80. The van der Waals surface area contributed by atoms with Crippen molar-refractivity contribution in [1.82, 2.24) is 0 Å². The number of ketones is 1. The summed E-state index contributed by atoms with van der Waals surface area (Å²) in [5.74, 6) is -0.705. The topological polar surface area (TPSA) is 72.8 Å². The summed E-state index contributed by atoms with van der Waals surface area (Å²) in [6.07, 6.45) is 14.4. The van der Waals surface area contributed by atoms with Crippen molar-refractivity contribution in [2.75, 3.05) is 13.4 Å². The fourth-order valence-electron chi connectivity index (χ4n) is 4.61. The quantitative estimate of drug-likeness (QED) is 0.149. The molecule has 3 unspecified atom stereocenters. The van der Waals surface area contributed by atoms with Crippen LogP contribution < -0.4 is 0 Å². The van der Waals surface area contributed by atoms with Crippen molar-refractivity contribution in [1.29, 1.82) is 0 Å². The van der Waals surface area contributed by atoms with Gasteiger partial charge in [-0.25, -0.2) is 0 Å². The van der Waals surface area contributed by atoms with Gasteiger partial charge in [-0.1, -0.05) is 58.3 Å². The van der Waals surface area contributed by atoms with Crippen LogP contribution >= 0.6 is 11.8 Å². The maximum Gasteiger partial charge on any atom is 0.305 e. The van der Waals surface area contributed by atoms with Crippen LogP contribution in [0.15, 0.2) is 11.0 Å². The first kappa shape index (κ1) is 29.4. The van der Waals surface area contributed by atoms with Gasteiger partial charge in [-0.2, -0.15) is 0 Å². The number of carbonyl (C=O) groups is 2. The summed E-state index contributed by atoms with van der Waals surface area (Å²) in [7, 11) is -0.566. The Morgan fingerprint density at radius 1 is 1.12 bits per heavy atom. The second kappa shape index (κ2) is 14.6. The maximum atomic E-state index is 13.3. The predicted molar refractivity (Wildman–Crippen MR) is 136 cm³/mol. The first-order chi connectivity index (χ1) is 15.1. The summed E-state index contributed by atoms with van der Waals surface area (Å²) in [6.45, 7) is 8.68. The monoisotopic (exact) mass is 486 g/mol. The first-order valence-electron chi connectivity index (χ1n) is 12.4. The van der Waals surface area contributed by atoms with E-state index in [0.717, 1.165) is 43.4 Å². The zero-order valence-electron chi connectivity index (χ0n) is 21.2. The van der Waals surface area contributed by atoms with Gasteiger partial charge < -0.3 is 14.3 Å². The van der Waals surface area contributed by atoms with Crippen LogP contribution in [-0.2, 0) is 18.8 Å². The molecule has 0 radical (unpaired) electrons. The molecule has 32 heavy (non-hydrogen) atoms. The molecule has 0 aliphatic heterocycles. The molecule has 0 aromatic rings. The van der Waals surface area contributed by atoms with Crippen molar-refractivity contribution in [3.05, 3.63) is 11.0 Å². The maximum absolute atomic E-state index is 13.3. The molecule has 1 rings (SSSR count). The Morgan fingerprint density at radius 2 is 1.75 bits per heavy atom. The molecule has 0 aromatic heterocycles. The number of carbonyl (C=O) groups excluding carboxylic acids is 2. The molecule has 3 atom stereocenters. The van der Waals surface area contributed by atoms with Crippen LogP contribution in [0.4, 0.5) is 0 Å². The molecule has 7 heteroatoms. The lowest BCUT2D eigenvalue weighted by Gasteiger charge is -2.41. The Morgan fingerprint density at radius 3 is 2.34 bits per heavy atom. The van der Waals surface area contributed by atoms with E-state index in [0.29, 0.717) is 12.8 Å². The minimum atomic E-state index is -1.96. The largest absolute Gasteiger partial charge is 0.469 e. The Balaban J connectivity index is 2.89. The molecule has 1 N–H and O–H groups in total. The first-order valence-corrected chi connectivity index (χ1v) is 17.0. The van der Waals surface area contributed by atoms with E-state index in [1.807, 2.05) is 12.3 Å². The molecule has 186 valence electrons. The van der Waals surface area contributed by atoms with E-state index >= 15 is 0 Å². The van der Waals surface area contributed by atoms with Gasteiger partial charge >= 0.3 is 5.97 Å². The Bertz CT molecular complexity index is 616. The number of unbranched alkanes of at least 4 members (excludes halogenated alkanes) is 7. The normalized spacial score (nSPS) is 22.2. The van der Waals surface area contributed by atoms with Crippen LogP contribution in [0.5, 0.6) is 0 Å². The average molecular weight is 487 g/mol. The van der Waals surface area contributed by atoms with Gasteiger partial charge in [-0.15, -0.1) is 11.8 Å². The number of Topliss-reactive ketones (excluding diaryl/α,β-unsaturated/α-hetero) is 1. The number of aliphatic hydroxyl groups is 1. The van der Waals surface area contributed by atoms with E-state index in [2.05, 4.69) is 31.3 Å². The number of esters is 1. The SMILES string of the molecule is CCCCCCCCC1(O[Si](C)(C)C)C=C(SC)C(=O)C1C(O)CCCCCC(=O)OC. The van der Waals surface area contributed by atoms with Crippen molar-refractivity contribution in [2.45, 2.75) is 115 Å². The van der Waals surface area contributed by atoms with Gasteiger partial charge in [0.25, 0.3) is 0 Å². The van der Waals surface area contributed by atoms with E-state index in [-0.39, 0.29) is 11.8 Å². The number of rotatable bonds is 17. The molecule has 0 amide bonds. The highest BCUT2D eigenvalue weighted by molar-refractivity contribution is 8.03. The molecule has 1 aliphatic carbocycles. The summed E-state index contributed by atoms with van der Waals surface area (Å²) < 4.78 is 11.4. The van der Waals surface area contributed by atoms with Crippen molar-refractivity contribution in [3.63, 3.8) is 0 Å². The Kier molecular flexibility index (Phi) is 13.4. The number of methoxy groups -OCH3 is 1.